The van der Waals surface area contributed by atoms with Crippen LogP contribution in [-0.4, -0.2) is 65.4 Å². The highest BCUT2D eigenvalue weighted by molar-refractivity contribution is 6.08. The van der Waals surface area contributed by atoms with Crippen LogP contribution in [-0.2, 0) is 9.59 Å². The number of hydrogen-bond acceptors (Lipinski definition) is 4. The maximum Gasteiger partial charge on any atom is 0.327 e. The Balaban J connectivity index is 0.00000225. The third-order valence-electron chi connectivity index (χ3n) is 5.89. The van der Waals surface area contributed by atoms with E-state index in [2.05, 4.69) is 10.6 Å². The summed E-state index contributed by atoms with van der Waals surface area (Å²) in [6, 6.07) is -0.0765. The summed E-state index contributed by atoms with van der Waals surface area (Å²) < 4.78 is 0. The first-order valence-electron chi connectivity index (χ1n) is 9.08. The minimum Gasteiger partial charge on any atom is -0.350 e. The fourth-order valence-electron chi connectivity index (χ4n) is 4.31. The van der Waals surface area contributed by atoms with E-state index in [4.69, 9.17) is 0 Å². The van der Waals surface area contributed by atoms with Gasteiger partial charge in [-0.3, -0.25) is 14.5 Å². The van der Waals surface area contributed by atoms with Crippen molar-refractivity contribution in [2.75, 3.05) is 20.1 Å². The van der Waals surface area contributed by atoms with Crippen molar-refractivity contribution in [3.05, 3.63) is 0 Å². The molecule has 2 N–H and O–H groups in total. The Hall–Kier alpha value is -1.34. The molecule has 4 amide bonds. The number of amides is 4. The lowest BCUT2D eigenvalue weighted by Gasteiger charge is -2.35. The molecule has 3 aliphatic rings. The molecule has 2 aliphatic heterocycles. The predicted octanol–water partition coefficient (Wildman–Crippen LogP) is 1.26. The summed E-state index contributed by atoms with van der Waals surface area (Å²) >= 11 is 0. The molecule has 7 nitrogen and oxygen atoms in total. The molecule has 0 radical (unpaired) electrons. The second kappa shape index (κ2) is 7.91. The average Bonchev–Trinajstić information content (AvgIpc) is 2.74. The molecule has 0 bridgehead atoms. The number of imide groups is 1. The smallest absolute Gasteiger partial charge is 0.327 e. The zero-order chi connectivity index (χ0) is 17.3. The minimum atomic E-state index is -0.713. The summed E-state index contributed by atoms with van der Waals surface area (Å²) in [5, 5.41) is 6.31. The highest BCUT2D eigenvalue weighted by atomic mass is 35.5. The second-order valence-electron chi connectivity index (χ2n) is 7.38. The van der Waals surface area contributed by atoms with Gasteiger partial charge in [-0.15, -0.1) is 12.4 Å². The maximum absolute atomic E-state index is 12.9. The van der Waals surface area contributed by atoms with E-state index in [-0.39, 0.29) is 48.9 Å². The number of halogens is 1. The van der Waals surface area contributed by atoms with Crippen LogP contribution in [0.5, 0.6) is 0 Å². The van der Waals surface area contributed by atoms with Crippen molar-refractivity contribution in [3.63, 3.8) is 0 Å². The highest BCUT2D eigenvalue weighted by Crippen LogP contribution is 2.39. The third-order valence-corrected chi connectivity index (χ3v) is 5.89. The van der Waals surface area contributed by atoms with Crippen LogP contribution >= 0.6 is 12.4 Å². The molecule has 2 atom stereocenters. The Kier molecular flexibility index (Phi) is 6.32. The number of rotatable bonds is 3. The number of carbonyl (C=O) groups excluding carboxylic acids is 3. The van der Waals surface area contributed by atoms with E-state index in [0.29, 0.717) is 12.8 Å². The summed E-state index contributed by atoms with van der Waals surface area (Å²) in [5.74, 6) is -0.446. The highest BCUT2D eigenvalue weighted by Gasteiger charge is 2.55. The maximum atomic E-state index is 12.9. The third kappa shape index (κ3) is 3.62. The minimum absolute atomic E-state index is 0. The molecule has 0 aromatic heterocycles. The lowest BCUT2D eigenvalue weighted by atomic mass is 9.81. The molecule has 2 heterocycles. The molecule has 25 heavy (non-hydrogen) atoms. The van der Waals surface area contributed by atoms with Crippen LogP contribution in [0.25, 0.3) is 0 Å². The molecule has 2 unspecified atom stereocenters. The van der Waals surface area contributed by atoms with Gasteiger partial charge in [0.2, 0.25) is 5.91 Å². The average molecular weight is 373 g/mol. The normalized spacial score (nSPS) is 28.9. The van der Waals surface area contributed by atoms with Gasteiger partial charge in [0, 0.05) is 19.1 Å². The van der Waals surface area contributed by atoms with Crippen LogP contribution in [0.3, 0.4) is 0 Å². The van der Waals surface area contributed by atoms with E-state index in [9.17, 15) is 14.4 Å². The molecular weight excluding hydrogens is 344 g/mol. The van der Waals surface area contributed by atoms with E-state index >= 15 is 0 Å². The van der Waals surface area contributed by atoms with Gasteiger partial charge in [-0.1, -0.05) is 19.3 Å². The number of piperidine rings is 1. The van der Waals surface area contributed by atoms with Crippen molar-refractivity contribution in [2.45, 2.75) is 69.5 Å². The zero-order valence-electron chi connectivity index (χ0n) is 15.0. The van der Waals surface area contributed by atoms with Gasteiger partial charge in [-0.05, 0) is 39.2 Å². The standard InChI is InChI=1S/C17H28N4O3.ClH/c1-12-13(7-6-10-18-12)19-14(22)11-21-15(23)17(20(2)16(21)24)8-4-3-5-9-17;/h12-13,18H,3-11H2,1-2H3,(H,19,22);1H. The van der Waals surface area contributed by atoms with Crippen LogP contribution < -0.4 is 10.6 Å². The topological polar surface area (TPSA) is 81.8 Å². The van der Waals surface area contributed by atoms with Gasteiger partial charge >= 0.3 is 6.03 Å². The van der Waals surface area contributed by atoms with Gasteiger partial charge < -0.3 is 15.5 Å². The Morgan fingerprint density at radius 2 is 1.92 bits per heavy atom. The van der Waals surface area contributed by atoms with Crippen molar-refractivity contribution in [3.8, 4) is 0 Å². The van der Waals surface area contributed by atoms with Crippen molar-refractivity contribution in [1.82, 2.24) is 20.4 Å². The van der Waals surface area contributed by atoms with Gasteiger partial charge in [0.05, 0.1) is 0 Å². The van der Waals surface area contributed by atoms with Crippen LogP contribution in [0, 0.1) is 0 Å². The first-order chi connectivity index (χ1) is 11.5. The monoisotopic (exact) mass is 372 g/mol. The lowest BCUT2D eigenvalue weighted by Crippen LogP contribution is -2.54. The predicted molar refractivity (Wildman–Crippen MR) is 96.6 cm³/mol. The summed E-state index contributed by atoms with van der Waals surface area (Å²) in [4.78, 5) is 40.5. The van der Waals surface area contributed by atoms with E-state index in [1.54, 1.807) is 11.9 Å². The van der Waals surface area contributed by atoms with Crippen molar-refractivity contribution >= 4 is 30.3 Å². The summed E-state index contributed by atoms with van der Waals surface area (Å²) in [6.45, 7) is 2.83. The van der Waals surface area contributed by atoms with Crippen LogP contribution in [0.2, 0.25) is 0 Å². The van der Waals surface area contributed by atoms with Crippen LogP contribution in [0.15, 0.2) is 0 Å². The summed E-state index contributed by atoms with van der Waals surface area (Å²) in [6.07, 6.45) is 6.35. The zero-order valence-corrected chi connectivity index (χ0v) is 15.9. The van der Waals surface area contributed by atoms with E-state index in [1.165, 1.54) is 0 Å². The van der Waals surface area contributed by atoms with Crippen molar-refractivity contribution in [1.29, 1.82) is 0 Å². The number of nitrogens with one attached hydrogen (secondary N) is 2. The first kappa shape index (κ1) is 20.0. The quantitative estimate of drug-likeness (QED) is 0.731. The van der Waals surface area contributed by atoms with E-state index in [1.807, 2.05) is 6.92 Å². The fraction of sp³-hybridized carbons (Fsp3) is 0.824. The first-order valence-corrected chi connectivity index (χ1v) is 9.08. The Bertz CT molecular complexity index is 536. The fourth-order valence-corrected chi connectivity index (χ4v) is 4.31. The van der Waals surface area contributed by atoms with Crippen molar-refractivity contribution < 1.29 is 14.4 Å². The molecule has 0 aromatic rings. The van der Waals surface area contributed by atoms with Gasteiger partial charge in [-0.25, -0.2) is 4.79 Å². The van der Waals surface area contributed by atoms with Gasteiger partial charge in [-0.2, -0.15) is 0 Å². The number of likely N-dealkylation sites (N-methyl/N-ethyl adjacent to an activating group) is 1. The molecule has 1 aliphatic carbocycles. The Labute approximate surface area is 155 Å². The molecule has 3 rings (SSSR count). The van der Waals surface area contributed by atoms with Crippen LogP contribution in [0.4, 0.5) is 4.79 Å². The Morgan fingerprint density at radius 1 is 1.24 bits per heavy atom. The second-order valence-corrected chi connectivity index (χ2v) is 7.38. The van der Waals surface area contributed by atoms with Crippen LogP contribution in [0.1, 0.15) is 51.9 Å². The molecule has 142 valence electrons. The largest absolute Gasteiger partial charge is 0.350 e. The van der Waals surface area contributed by atoms with Gasteiger partial charge in [0.15, 0.2) is 0 Å². The molecular formula is C17H29ClN4O3. The summed E-state index contributed by atoms with van der Waals surface area (Å²) in [7, 11) is 1.69. The molecule has 1 saturated carbocycles. The molecule has 0 aromatic carbocycles. The number of carbonyl (C=O) groups is 3. The lowest BCUT2D eigenvalue weighted by molar-refractivity contribution is -0.137. The Morgan fingerprint density at radius 3 is 2.56 bits per heavy atom. The molecule has 8 heteroatoms. The van der Waals surface area contributed by atoms with Gasteiger partial charge in [0.1, 0.15) is 12.1 Å². The number of hydrogen-bond donors (Lipinski definition) is 2. The number of nitrogens with zero attached hydrogens (tertiary/aromatic N) is 2. The van der Waals surface area contributed by atoms with E-state index in [0.717, 1.165) is 43.5 Å². The number of urea groups is 1. The summed E-state index contributed by atoms with van der Waals surface area (Å²) in [5.41, 5.74) is -0.713. The SMILES string of the molecule is CC1NCCCC1NC(=O)CN1C(=O)N(C)C2(CCCCC2)C1=O.Cl. The van der Waals surface area contributed by atoms with E-state index < -0.39 is 5.54 Å². The molecule has 3 fully saturated rings. The molecule has 1 spiro atoms. The van der Waals surface area contributed by atoms with Crippen molar-refractivity contribution in [2.24, 2.45) is 0 Å². The molecule has 2 saturated heterocycles. The van der Waals surface area contributed by atoms with Gasteiger partial charge in [0.25, 0.3) is 5.91 Å².